The largest absolute Gasteiger partial charge is 0.455 e. The van der Waals surface area contributed by atoms with Gasteiger partial charge in [0.15, 0.2) is 23.6 Å². The highest BCUT2D eigenvalue weighted by molar-refractivity contribution is 5.94. The smallest absolute Gasteiger partial charge is 0.341 e. The number of carbonyl (C=O) groups excluding carboxylic acids is 2. The molecule has 0 aromatic rings. The Bertz CT molecular complexity index is 789. The van der Waals surface area contributed by atoms with E-state index in [2.05, 4.69) is 6.58 Å². The van der Waals surface area contributed by atoms with Gasteiger partial charge in [-0.1, -0.05) is 19.6 Å². The van der Waals surface area contributed by atoms with Crippen molar-refractivity contribution in [1.82, 2.24) is 0 Å². The molecule has 4 aliphatic rings. The molecule has 3 fully saturated rings. The third-order valence-electron chi connectivity index (χ3n) is 6.91. The van der Waals surface area contributed by atoms with Crippen LogP contribution in [-0.2, 0) is 28.5 Å². The van der Waals surface area contributed by atoms with Crippen molar-refractivity contribution in [3.63, 3.8) is 0 Å². The van der Waals surface area contributed by atoms with Crippen LogP contribution in [0.25, 0.3) is 0 Å². The highest BCUT2D eigenvalue weighted by Crippen LogP contribution is 2.58. The molecule has 3 heterocycles. The normalized spacial score (nSPS) is 51.9. The maximum atomic E-state index is 12.8. The second-order valence-electron chi connectivity index (χ2n) is 8.66. The SMILES string of the molecule is C=C1C(=O)O[C@@H]2[C@]3(C)CC/C=C(/C)[C@@H](O)[C@@H](OC(=O)[C@]4(C)O[C@H]4C)[C@@]12O[C@H]3O. The van der Waals surface area contributed by atoms with Crippen LogP contribution >= 0.6 is 0 Å². The predicted octanol–water partition coefficient (Wildman–Crippen LogP) is 0.752. The molecule has 4 rings (SSSR count). The third kappa shape index (κ3) is 2.32. The van der Waals surface area contributed by atoms with Crippen molar-refractivity contribution in [1.29, 1.82) is 0 Å². The highest BCUT2D eigenvalue weighted by atomic mass is 16.7. The fraction of sp³-hybridized carbons (Fsp3) is 0.700. The van der Waals surface area contributed by atoms with E-state index in [9.17, 15) is 19.8 Å². The van der Waals surface area contributed by atoms with Gasteiger partial charge < -0.3 is 29.2 Å². The lowest BCUT2D eigenvalue weighted by Gasteiger charge is -2.38. The Hall–Kier alpha value is -1.74. The quantitative estimate of drug-likeness (QED) is 0.305. The van der Waals surface area contributed by atoms with Gasteiger partial charge in [0.25, 0.3) is 0 Å². The van der Waals surface area contributed by atoms with Crippen LogP contribution in [0.5, 0.6) is 0 Å². The topological polar surface area (TPSA) is 115 Å². The van der Waals surface area contributed by atoms with Gasteiger partial charge in [-0.25, -0.2) is 9.59 Å². The fourth-order valence-electron chi connectivity index (χ4n) is 4.57. The average Bonchev–Trinajstić information content (AvgIpc) is 3.10. The minimum atomic E-state index is -1.69. The van der Waals surface area contributed by atoms with Crippen molar-refractivity contribution in [2.45, 2.75) is 82.4 Å². The molecule has 3 saturated heterocycles. The number of rotatable bonds is 2. The van der Waals surface area contributed by atoms with Crippen LogP contribution in [0.2, 0.25) is 0 Å². The number of esters is 2. The lowest BCUT2D eigenvalue weighted by atomic mass is 9.72. The molecule has 0 spiro atoms. The number of hydrogen-bond donors (Lipinski definition) is 2. The van der Waals surface area contributed by atoms with Crippen molar-refractivity contribution < 1.29 is 38.7 Å². The zero-order chi connectivity index (χ0) is 20.6. The van der Waals surface area contributed by atoms with E-state index in [0.29, 0.717) is 18.4 Å². The highest BCUT2D eigenvalue weighted by Gasteiger charge is 2.74. The zero-order valence-electron chi connectivity index (χ0n) is 16.4. The number of aliphatic hydroxyl groups excluding tert-OH is 2. The number of carbonyl (C=O) groups is 2. The van der Waals surface area contributed by atoms with E-state index < -0.39 is 53.2 Å². The van der Waals surface area contributed by atoms with Crippen molar-refractivity contribution in [3.05, 3.63) is 23.8 Å². The first kappa shape index (κ1) is 19.6. The van der Waals surface area contributed by atoms with E-state index in [-0.39, 0.29) is 11.7 Å². The van der Waals surface area contributed by atoms with Crippen LogP contribution in [0.1, 0.15) is 40.5 Å². The van der Waals surface area contributed by atoms with Crippen LogP contribution in [0.15, 0.2) is 23.8 Å². The summed E-state index contributed by atoms with van der Waals surface area (Å²) in [5, 5.41) is 21.7. The number of hydrogen-bond acceptors (Lipinski definition) is 8. The molecule has 28 heavy (non-hydrogen) atoms. The Morgan fingerprint density at radius 3 is 2.57 bits per heavy atom. The second kappa shape index (κ2) is 5.89. The van der Waals surface area contributed by atoms with Crippen LogP contribution in [0, 0.1) is 5.41 Å². The summed E-state index contributed by atoms with van der Waals surface area (Å²) in [5.41, 5.74) is -3.28. The summed E-state index contributed by atoms with van der Waals surface area (Å²) < 4.78 is 22.5. The van der Waals surface area contributed by atoms with Gasteiger partial charge in [-0.3, -0.25) is 0 Å². The Kier molecular flexibility index (Phi) is 4.11. The molecule has 1 aliphatic carbocycles. The Labute approximate surface area is 163 Å². The number of ether oxygens (including phenoxy) is 4. The summed E-state index contributed by atoms with van der Waals surface area (Å²) >= 11 is 0. The van der Waals surface area contributed by atoms with Gasteiger partial charge in [-0.2, -0.15) is 0 Å². The first-order valence-corrected chi connectivity index (χ1v) is 9.48. The summed E-state index contributed by atoms with van der Waals surface area (Å²) in [6.45, 7) is 10.6. The van der Waals surface area contributed by atoms with Gasteiger partial charge in [0, 0.05) is 0 Å². The standard InChI is InChI=1S/C20H26O8/c1-9-7-6-8-18(4)15-20(28-16(18)23,10(2)14(22)26-15)13(12(9)21)25-17(24)19(5)11(3)27-19/h7,11-13,15-16,21,23H,2,6,8H2,1,3-5H3/b9-7-/t11-,12+,13+,15+,16+,18-,19+,20-/m0/s1. The number of epoxide rings is 1. The Morgan fingerprint density at radius 1 is 1.32 bits per heavy atom. The summed E-state index contributed by atoms with van der Waals surface area (Å²) in [6.07, 6.45) is -2.37. The molecule has 0 aromatic heterocycles. The van der Waals surface area contributed by atoms with Gasteiger partial charge in [0.1, 0.15) is 12.2 Å². The predicted molar refractivity (Wildman–Crippen MR) is 94.8 cm³/mol. The van der Waals surface area contributed by atoms with Gasteiger partial charge in [-0.15, -0.1) is 0 Å². The molecule has 8 heteroatoms. The molecular formula is C20H26O8. The van der Waals surface area contributed by atoms with E-state index in [1.165, 1.54) is 0 Å². The molecule has 8 atom stereocenters. The minimum Gasteiger partial charge on any atom is -0.455 e. The lowest BCUT2D eigenvalue weighted by Crippen LogP contribution is -2.58. The maximum Gasteiger partial charge on any atom is 0.341 e. The van der Waals surface area contributed by atoms with Gasteiger partial charge in [0.05, 0.1) is 17.1 Å². The van der Waals surface area contributed by atoms with Crippen molar-refractivity contribution in [2.24, 2.45) is 5.41 Å². The van der Waals surface area contributed by atoms with E-state index in [4.69, 9.17) is 18.9 Å². The van der Waals surface area contributed by atoms with Crippen LogP contribution in [0.3, 0.4) is 0 Å². The number of aliphatic hydroxyl groups is 2. The van der Waals surface area contributed by atoms with Crippen LogP contribution in [0.4, 0.5) is 0 Å². The van der Waals surface area contributed by atoms with Gasteiger partial charge >= 0.3 is 11.9 Å². The summed E-state index contributed by atoms with van der Waals surface area (Å²) in [6, 6.07) is 0. The minimum absolute atomic E-state index is 0.0817. The van der Waals surface area contributed by atoms with Crippen LogP contribution < -0.4 is 0 Å². The molecule has 154 valence electrons. The Balaban J connectivity index is 1.83. The maximum absolute atomic E-state index is 12.8. The Morgan fingerprint density at radius 2 is 1.96 bits per heavy atom. The molecule has 0 saturated carbocycles. The molecule has 0 aromatic carbocycles. The third-order valence-corrected chi connectivity index (χ3v) is 6.91. The summed E-state index contributed by atoms with van der Waals surface area (Å²) in [7, 11) is 0. The first-order chi connectivity index (χ1) is 13.0. The number of allylic oxidation sites excluding steroid dienone is 1. The van der Waals surface area contributed by atoms with E-state index >= 15 is 0 Å². The van der Waals surface area contributed by atoms with Crippen molar-refractivity contribution in [2.75, 3.05) is 0 Å². The summed E-state index contributed by atoms with van der Waals surface area (Å²) in [5.74, 6) is -1.37. The van der Waals surface area contributed by atoms with Crippen molar-refractivity contribution in [3.8, 4) is 0 Å². The van der Waals surface area contributed by atoms with Crippen LogP contribution in [-0.4, -0.2) is 64.1 Å². The first-order valence-electron chi connectivity index (χ1n) is 9.48. The van der Waals surface area contributed by atoms with Crippen molar-refractivity contribution >= 4 is 11.9 Å². The molecule has 2 N–H and O–H groups in total. The second-order valence-corrected chi connectivity index (χ2v) is 8.66. The summed E-state index contributed by atoms with van der Waals surface area (Å²) in [4.78, 5) is 25.2. The molecule has 0 amide bonds. The molecule has 0 radical (unpaired) electrons. The molecule has 3 aliphatic heterocycles. The molecule has 0 unspecified atom stereocenters. The van der Waals surface area contributed by atoms with Gasteiger partial charge in [0.2, 0.25) is 0 Å². The molecule has 8 nitrogen and oxygen atoms in total. The monoisotopic (exact) mass is 394 g/mol. The lowest BCUT2D eigenvalue weighted by molar-refractivity contribution is -0.208. The molecule has 2 bridgehead atoms. The fourth-order valence-corrected chi connectivity index (χ4v) is 4.57. The zero-order valence-corrected chi connectivity index (χ0v) is 16.4. The molecular weight excluding hydrogens is 368 g/mol. The average molecular weight is 394 g/mol. The van der Waals surface area contributed by atoms with E-state index in [1.54, 1.807) is 27.7 Å². The van der Waals surface area contributed by atoms with E-state index in [1.807, 2.05) is 6.08 Å². The van der Waals surface area contributed by atoms with E-state index in [0.717, 1.165) is 0 Å². The van der Waals surface area contributed by atoms with Gasteiger partial charge in [-0.05, 0) is 39.2 Å².